The van der Waals surface area contributed by atoms with Crippen molar-refractivity contribution in [1.29, 1.82) is 0 Å². The van der Waals surface area contributed by atoms with Crippen molar-refractivity contribution in [3.63, 3.8) is 0 Å². The van der Waals surface area contributed by atoms with E-state index in [1.807, 2.05) is 52.0 Å². The van der Waals surface area contributed by atoms with Crippen molar-refractivity contribution in [3.05, 3.63) is 64.5 Å². The molecular formula is C30H33N2O6+. The number of rotatable bonds is 10. The van der Waals surface area contributed by atoms with Crippen LogP contribution in [0, 0.1) is 13.8 Å². The number of nitrogens with one attached hydrogen (secondary N) is 2. The number of carboxylic acid groups (broad SMARTS) is 2. The summed E-state index contributed by atoms with van der Waals surface area (Å²) in [7, 11) is 0. The third-order valence-corrected chi connectivity index (χ3v) is 6.44. The number of hydrogen-bond acceptors (Lipinski definition) is 5. The van der Waals surface area contributed by atoms with Crippen molar-refractivity contribution in [2.75, 3.05) is 25.0 Å². The lowest BCUT2D eigenvalue weighted by molar-refractivity contribution is -0.496. The molecule has 0 spiro atoms. The number of anilines is 1. The van der Waals surface area contributed by atoms with Gasteiger partial charge in [0.25, 0.3) is 0 Å². The molecule has 2 aliphatic rings. The Kier molecular flexibility index (Phi) is 8.00. The van der Waals surface area contributed by atoms with Crippen molar-refractivity contribution in [2.24, 2.45) is 0 Å². The third kappa shape index (κ3) is 5.49. The predicted octanol–water partition coefficient (Wildman–Crippen LogP) is 4.20. The highest BCUT2D eigenvalue weighted by Gasteiger charge is 2.24. The Labute approximate surface area is 220 Å². The summed E-state index contributed by atoms with van der Waals surface area (Å²) in [6.07, 6.45) is 0.344. The van der Waals surface area contributed by atoms with Crippen molar-refractivity contribution < 1.29 is 33.9 Å². The normalized spacial score (nSPS) is 11.7. The monoisotopic (exact) mass is 517 g/mol. The predicted molar refractivity (Wildman–Crippen MR) is 146 cm³/mol. The van der Waals surface area contributed by atoms with Gasteiger partial charge >= 0.3 is 11.9 Å². The van der Waals surface area contributed by atoms with Crippen LogP contribution in [0.3, 0.4) is 0 Å². The van der Waals surface area contributed by atoms with E-state index >= 15 is 0 Å². The zero-order chi connectivity index (χ0) is 27.4. The molecule has 0 saturated carbocycles. The zero-order valence-corrected chi connectivity index (χ0v) is 22.1. The van der Waals surface area contributed by atoms with Crippen LogP contribution in [-0.2, 0) is 4.79 Å². The van der Waals surface area contributed by atoms with Gasteiger partial charge in [-0.15, -0.1) is 0 Å². The summed E-state index contributed by atoms with van der Waals surface area (Å²) in [6.45, 7) is 9.77. The zero-order valence-electron chi connectivity index (χ0n) is 22.1. The van der Waals surface area contributed by atoms with E-state index in [-0.39, 0.29) is 18.6 Å². The number of carboxylic acids is 2. The topological polar surface area (TPSA) is 123 Å². The first-order valence-electron chi connectivity index (χ1n) is 12.8. The maximum Gasteiger partial charge on any atom is 0.336 e. The molecule has 198 valence electrons. The van der Waals surface area contributed by atoms with Crippen LogP contribution in [0.2, 0.25) is 0 Å². The third-order valence-electron chi connectivity index (χ3n) is 6.44. The van der Waals surface area contributed by atoms with E-state index in [4.69, 9.17) is 14.3 Å². The fourth-order valence-electron chi connectivity index (χ4n) is 4.67. The molecule has 0 bridgehead atoms. The van der Waals surface area contributed by atoms with Gasteiger partial charge in [-0.1, -0.05) is 0 Å². The maximum absolute atomic E-state index is 12.4. The summed E-state index contributed by atoms with van der Waals surface area (Å²) >= 11 is 0. The van der Waals surface area contributed by atoms with Gasteiger partial charge in [-0.25, -0.2) is 9.79 Å². The lowest BCUT2D eigenvalue weighted by Gasteiger charge is -2.19. The minimum atomic E-state index is -1.05. The molecule has 2 aromatic rings. The van der Waals surface area contributed by atoms with Gasteiger partial charge in [-0.3, -0.25) is 4.79 Å². The fraction of sp³-hybridized carbons (Fsp3) is 0.300. The van der Waals surface area contributed by atoms with Crippen molar-refractivity contribution in [2.45, 2.75) is 40.5 Å². The first-order valence-corrected chi connectivity index (χ1v) is 12.8. The lowest BCUT2D eigenvalue weighted by Crippen LogP contribution is -2.76. The van der Waals surface area contributed by atoms with Crippen LogP contribution in [0.15, 0.2) is 46.9 Å². The highest BCUT2D eigenvalue weighted by molar-refractivity contribution is 6.08. The van der Waals surface area contributed by atoms with Crippen LogP contribution in [-0.4, -0.2) is 41.8 Å². The van der Waals surface area contributed by atoms with Crippen molar-refractivity contribution >= 4 is 28.6 Å². The minimum Gasteiger partial charge on any atom is -0.494 e. The summed E-state index contributed by atoms with van der Waals surface area (Å²) in [4.78, 5) is 26.6. The Morgan fingerprint density at radius 2 is 1.79 bits per heavy atom. The average Bonchev–Trinajstić information content (AvgIpc) is 2.87. The summed E-state index contributed by atoms with van der Waals surface area (Å²) < 4.78 is 12.2. The average molecular weight is 518 g/mol. The van der Waals surface area contributed by atoms with Crippen LogP contribution < -0.4 is 20.4 Å². The number of fused-ring (bicyclic) bond motifs is 2. The molecule has 1 aliphatic heterocycles. The molecule has 38 heavy (non-hydrogen) atoms. The summed E-state index contributed by atoms with van der Waals surface area (Å²) in [5, 5.41) is 24.1. The molecular weight excluding hydrogens is 484 g/mol. The van der Waals surface area contributed by atoms with E-state index in [2.05, 4.69) is 10.3 Å². The van der Waals surface area contributed by atoms with E-state index in [0.717, 1.165) is 51.8 Å². The highest BCUT2D eigenvalue weighted by Crippen LogP contribution is 2.43. The first-order chi connectivity index (χ1) is 18.2. The Morgan fingerprint density at radius 3 is 2.47 bits per heavy atom. The molecule has 8 heteroatoms. The van der Waals surface area contributed by atoms with Gasteiger partial charge in [0.05, 0.1) is 18.2 Å². The maximum atomic E-state index is 12.4. The number of aliphatic carboxylic acids is 1. The quantitative estimate of drug-likeness (QED) is 0.184. The number of aryl methyl sites for hydroxylation is 2. The van der Waals surface area contributed by atoms with Crippen LogP contribution in [0.1, 0.15) is 48.2 Å². The number of hydrogen-bond donors (Lipinski definition) is 4. The molecule has 0 fully saturated rings. The molecule has 0 atom stereocenters. The largest absolute Gasteiger partial charge is 0.494 e. The van der Waals surface area contributed by atoms with Crippen molar-refractivity contribution in [1.82, 2.24) is 0 Å². The van der Waals surface area contributed by atoms with Gasteiger partial charge in [-0.2, -0.15) is 0 Å². The first kappa shape index (κ1) is 26.7. The summed E-state index contributed by atoms with van der Waals surface area (Å²) in [5.41, 5.74) is 5.77. The van der Waals surface area contributed by atoms with E-state index in [0.29, 0.717) is 29.1 Å². The second-order valence-corrected chi connectivity index (χ2v) is 9.22. The van der Waals surface area contributed by atoms with E-state index in [1.165, 1.54) is 6.07 Å². The molecule has 0 aromatic heterocycles. The Bertz CT molecular complexity index is 1550. The highest BCUT2D eigenvalue weighted by atomic mass is 16.5. The van der Waals surface area contributed by atoms with E-state index in [9.17, 15) is 14.7 Å². The standard InChI is InChI=1S/C30H32N2O6/c1-5-31-24-15-26-22(12-17(24)3)29(23-13-18(4)25(32-6-2)16-27(23)38-26)21-14-19(9-10-20(21)30(35)36)37-11-7-8-28(33)34/h9-10,12-16,31H,5-8,11H2,1-4H3,(H,33,34)(H,35,36)/p+1. The smallest absolute Gasteiger partial charge is 0.336 e. The van der Waals surface area contributed by atoms with Gasteiger partial charge in [0.15, 0.2) is 0 Å². The SMILES string of the molecule is CCNc1cc2oc3cc(=[NH+]CC)c(C)cc-3c(-c3cc(OCCCC(=O)O)ccc3C(=O)O)c2cc1C. The summed E-state index contributed by atoms with van der Waals surface area (Å²) in [5.74, 6) is -0.841. The van der Waals surface area contributed by atoms with Gasteiger partial charge in [0.2, 0.25) is 5.36 Å². The Morgan fingerprint density at radius 1 is 1.00 bits per heavy atom. The number of aromatic carboxylic acids is 1. The summed E-state index contributed by atoms with van der Waals surface area (Å²) in [6, 6.07) is 12.8. The molecule has 0 saturated heterocycles. The molecule has 8 nitrogen and oxygen atoms in total. The number of carbonyl (C=O) groups is 2. The molecule has 2 aromatic carbocycles. The van der Waals surface area contributed by atoms with Crippen LogP contribution >= 0.6 is 0 Å². The second-order valence-electron chi connectivity index (χ2n) is 9.22. The van der Waals surface area contributed by atoms with Crippen LogP contribution in [0.4, 0.5) is 5.69 Å². The Hall–Kier alpha value is -4.33. The van der Waals surface area contributed by atoms with Gasteiger partial charge in [0.1, 0.15) is 23.6 Å². The van der Waals surface area contributed by atoms with Crippen LogP contribution in [0.25, 0.3) is 33.4 Å². The minimum absolute atomic E-state index is 0.00363. The van der Waals surface area contributed by atoms with Gasteiger partial charge < -0.3 is 24.7 Å². The number of ether oxygens (including phenoxy) is 1. The molecule has 1 aliphatic carbocycles. The number of benzene rings is 3. The second kappa shape index (κ2) is 11.4. The molecule has 1 heterocycles. The molecule has 0 radical (unpaired) electrons. The van der Waals surface area contributed by atoms with Crippen LogP contribution in [0.5, 0.6) is 5.75 Å². The molecule has 4 N–H and O–H groups in total. The van der Waals surface area contributed by atoms with Gasteiger partial charge in [0, 0.05) is 52.4 Å². The van der Waals surface area contributed by atoms with E-state index in [1.54, 1.807) is 12.1 Å². The van der Waals surface area contributed by atoms with Gasteiger partial charge in [-0.05, 0) is 70.0 Å². The molecule has 0 unspecified atom stereocenters. The van der Waals surface area contributed by atoms with E-state index < -0.39 is 11.9 Å². The fourth-order valence-corrected chi connectivity index (χ4v) is 4.67. The molecule has 0 amide bonds. The lowest BCUT2D eigenvalue weighted by atomic mass is 9.89. The molecule has 4 rings (SSSR count). The Balaban J connectivity index is 2.03. The van der Waals surface area contributed by atoms with Crippen molar-refractivity contribution in [3.8, 4) is 28.2 Å².